The predicted molar refractivity (Wildman–Crippen MR) is 120 cm³/mol. The number of hydrogen-bond donors (Lipinski definition) is 2. The Kier molecular flexibility index (Phi) is 7.83. The summed E-state index contributed by atoms with van der Waals surface area (Å²) in [6.07, 6.45) is 1.82. The fourth-order valence-corrected chi connectivity index (χ4v) is 4.66. The van der Waals surface area contributed by atoms with E-state index < -0.39 is 23.9 Å². The summed E-state index contributed by atoms with van der Waals surface area (Å²) in [6.45, 7) is 3.36. The SMILES string of the molecule is O=C(CCc1ccc(C(F)(F)F)cc1)N[C@H](CN1CCCC1)[C@H](O)C1C=C2OCCOC2=CC1. The van der Waals surface area contributed by atoms with Gasteiger partial charge in [-0.2, -0.15) is 13.2 Å². The number of allylic oxidation sites excluding steroid dienone is 1. The van der Waals surface area contributed by atoms with Crippen LogP contribution in [0.3, 0.4) is 0 Å². The van der Waals surface area contributed by atoms with Gasteiger partial charge in [0.05, 0.1) is 17.7 Å². The Balaban J connectivity index is 1.37. The molecule has 1 aromatic rings. The molecule has 1 aliphatic carbocycles. The van der Waals surface area contributed by atoms with Crippen LogP contribution in [0.1, 0.15) is 36.8 Å². The minimum atomic E-state index is -4.38. The zero-order valence-electron chi connectivity index (χ0n) is 19.0. The van der Waals surface area contributed by atoms with Crippen molar-refractivity contribution in [3.63, 3.8) is 0 Å². The van der Waals surface area contributed by atoms with Gasteiger partial charge in [0.1, 0.15) is 13.2 Å². The maximum atomic E-state index is 12.8. The molecule has 2 heterocycles. The van der Waals surface area contributed by atoms with Crippen LogP contribution in [0, 0.1) is 5.92 Å². The first-order chi connectivity index (χ1) is 16.3. The quantitative estimate of drug-likeness (QED) is 0.597. The van der Waals surface area contributed by atoms with Crippen LogP contribution in [0.4, 0.5) is 13.2 Å². The highest BCUT2D eigenvalue weighted by molar-refractivity contribution is 5.76. The smallest absolute Gasteiger partial charge is 0.416 e. The minimum absolute atomic E-state index is 0.126. The highest BCUT2D eigenvalue weighted by Gasteiger charge is 2.33. The Morgan fingerprint density at radius 3 is 2.47 bits per heavy atom. The lowest BCUT2D eigenvalue weighted by atomic mass is 9.88. The van der Waals surface area contributed by atoms with Crippen molar-refractivity contribution in [2.24, 2.45) is 5.92 Å². The van der Waals surface area contributed by atoms with E-state index in [1.54, 1.807) is 0 Å². The summed E-state index contributed by atoms with van der Waals surface area (Å²) in [5, 5.41) is 14.2. The molecule has 6 nitrogen and oxygen atoms in total. The number of ether oxygens (including phenoxy) is 2. The van der Waals surface area contributed by atoms with Gasteiger partial charge in [0.2, 0.25) is 5.91 Å². The molecule has 0 radical (unpaired) electrons. The van der Waals surface area contributed by atoms with Crippen LogP contribution < -0.4 is 5.32 Å². The number of aliphatic hydroxyl groups excluding tert-OH is 1. The van der Waals surface area contributed by atoms with E-state index >= 15 is 0 Å². The van der Waals surface area contributed by atoms with Crippen molar-refractivity contribution in [1.82, 2.24) is 10.2 Å². The summed E-state index contributed by atoms with van der Waals surface area (Å²) < 4.78 is 49.5. The Labute approximate surface area is 197 Å². The number of aliphatic hydroxyl groups is 1. The number of nitrogens with zero attached hydrogens (tertiary/aromatic N) is 1. The number of fused-ring (bicyclic) bond motifs is 1. The molecule has 2 aliphatic heterocycles. The number of amides is 1. The molecule has 1 aromatic carbocycles. The molecule has 0 saturated carbocycles. The van der Waals surface area contributed by atoms with Crippen LogP contribution in [0.15, 0.2) is 47.9 Å². The van der Waals surface area contributed by atoms with E-state index in [1.807, 2.05) is 12.2 Å². The van der Waals surface area contributed by atoms with Gasteiger partial charge in [0, 0.05) is 18.9 Å². The second kappa shape index (κ2) is 10.8. The average molecular weight is 481 g/mol. The van der Waals surface area contributed by atoms with Crippen LogP contribution in [-0.2, 0) is 26.9 Å². The van der Waals surface area contributed by atoms with Crippen molar-refractivity contribution in [2.45, 2.75) is 50.4 Å². The molecule has 34 heavy (non-hydrogen) atoms. The lowest BCUT2D eigenvalue weighted by Crippen LogP contribution is -2.52. The number of alkyl halides is 3. The maximum absolute atomic E-state index is 12.8. The second-order valence-electron chi connectivity index (χ2n) is 9.06. The Morgan fingerprint density at radius 2 is 1.79 bits per heavy atom. The highest BCUT2D eigenvalue weighted by atomic mass is 19.4. The first-order valence-corrected chi connectivity index (χ1v) is 11.8. The first kappa shape index (κ1) is 24.6. The topological polar surface area (TPSA) is 71.0 Å². The number of hydrogen-bond acceptors (Lipinski definition) is 5. The van der Waals surface area contributed by atoms with Crippen LogP contribution in [0.2, 0.25) is 0 Å². The summed E-state index contributed by atoms with van der Waals surface area (Å²) >= 11 is 0. The molecule has 2 N–H and O–H groups in total. The monoisotopic (exact) mass is 480 g/mol. The normalized spacial score (nSPS) is 22.5. The molecule has 186 valence electrons. The fraction of sp³-hybridized carbons (Fsp3) is 0.560. The van der Waals surface area contributed by atoms with Gasteiger partial charge in [-0.1, -0.05) is 12.1 Å². The molecule has 0 spiro atoms. The van der Waals surface area contributed by atoms with Gasteiger partial charge in [-0.3, -0.25) is 4.79 Å². The molecule has 4 rings (SSSR count). The van der Waals surface area contributed by atoms with Gasteiger partial charge in [0.15, 0.2) is 11.5 Å². The summed E-state index contributed by atoms with van der Waals surface area (Å²) in [5.41, 5.74) is -0.0513. The number of likely N-dealkylation sites (tertiary alicyclic amines) is 1. The van der Waals surface area contributed by atoms with E-state index in [1.165, 1.54) is 12.1 Å². The molecular formula is C25H31F3N2O4. The molecule has 3 atom stereocenters. The highest BCUT2D eigenvalue weighted by Crippen LogP contribution is 2.31. The third kappa shape index (κ3) is 6.33. The maximum Gasteiger partial charge on any atom is 0.416 e. The standard InChI is InChI=1S/C25H31F3N2O4/c26-25(27,28)19-7-3-17(4-8-19)5-10-23(31)29-20(16-30-11-1-2-12-30)24(32)18-6-9-21-22(15-18)34-14-13-33-21/h3-4,7-9,15,18,20,24,32H,1-2,5-6,10-14,16H2,(H,29,31)/t18?,20-,24-/m1/s1. The lowest BCUT2D eigenvalue weighted by Gasteiger charge is -2.34. The van der Waals surface area contributed by atoms with Crippen LogP contribution >= 0.6 is 0 Å². The molecule has 0 bridgehead atoms. The van der Waals surface area contributed by atoms with Gasteiger partial charge in [-0.25, -0.2) is 0 Å². The van der Waals surface area contributed by atoms with E-state index in [2.05, 4.69) is 10.2 Å². The molecule has 2 fully saturated rings. The molecule has 9 heteroatoms. The fourth-order valence-electron chi connectivity index (χ4n) is 4.66. The first-order valence-electron chi connectivity index (χ1n) is 11.8. The van der Waals surface area contributed by atoms with E-state index in [-0.39, 0.29) is 18.2 Å². The number of nitrogens with one attached hydrogen (secondary N) is 1. The number of carbonyl (C=O) groups is 1. The van der Waals surface area contributed by atoms with E-state index in [0.29, 0.717) is 49.7 Å². The third-order valence-electron chi connectivity index (χ3n) is 6.56. The van der Waals surface area contributed by atoms with Gasteiger partial charge in [0.25, 0.3) is 0 Å². The van der Waals surface area contributed by atoms with Crippen molar-refractivity contribution in [3.05, 3.63) is 59.1 Å². The second-order valence-corrected chi connectivity index (χ2v) is 9.06. The Bertz CT molecular complexity index is 908. The van der Waals surface area contributed by atoms with Crippen molar-refractivity contribution < 1.29 is 32.5 Å². The molecule has 3 aliphatic rings. The largest absolute Gasteiger partial charge is 0.486 e. The minimum Gasteiger partial charge on any atom is -0.486 e. The Morgan fingerprint density at radius 1 is 1.12 bits per heavy atom. The predicted octanol–water partition coefficient (Wildman–Crippen LogP) is 3.41. The molecule has 1 amide bonds. The van der Waals surface area contributed by atoms with Crippen LogP contribution in [0.5, 0.6) is 0 Å². The van der Waals surface area contributed by atoms with Gasteiger partial charge < -0.3 is 24.8 Å². The van der Waals surface area contributed by atoms with Gasteiger partial charge in [-0.15, -0.1) is 0 Å². The van der Waals surface area contributed by atoms with Crippen LogP contribution in [-0.4, -0.2) is 60.9 Å². The van der Waals surface area contributed by atoms with Crippen molar-refractivity contribution in [2.75, 3.05) is 32.8 Å². The number of benzene rings is 1. The third-order valence-corrected chi connectivity index (χ3v) is 6.56. The zero-order chi connectivity index (χ0) is 24.1. The summed E-state index contributed by atoms with van der Waals surface area (Å²) in [4.78, 5) is 15.0. The number of carbonyl (C=O) groups excluding carboxylic acids is 1. The Hall–Kier alpha value is -2.52. The van der Waals surface area contributed by atoms with E-state index in [0.717, 1.165) is 38.1 Å². The lowest BCUT2D eigenvalue weighted by molar-refractivity contribution is -0.137. The number of rotatable bonds is 8. The van der Waals surface area contributed by atoms with Crippen molar-refractivity contribution in [1.29, 1.82) is 0 Å². The molecule has 0 aromatic heterocycles. The molecule has 1 unspecified atom stereocenters. The molecular weight excluding hydrogens is 449 g/mol. The van der Waals surface area contributed by atoms with Gasteiger partial charge >= 0.3 is 6.18 Å². The summed E-state index contributed by atoms with van der Waals surface area (Å²) in [7, 11) is 0. The van der Waals surface area contributed by atoms with Crippen molar-refractivity contribution in [3.8, 4) is 0 Å². The molecule has 2 saturated heterocycles. The van der Waals surface area contributed by atoms with E-state index in [9.17, 15) is 23.1 Å². The summed E-state index contributed by atoms with van der Waals surface area (Å²) in [5.74, 6) is 0.879. The van der Waals surface area contributed by atoms with Crippen LogP contribution in [0.25, 0.3) is 0 Å². The summed E-state index contributed by atoms with van der Waals surface area (Å²) in [6, 6.07) is 4.39. The average Bonchev–Trinajstić information content (AvgIpc) is 3.34. The zero-order valence-corrected chi connectivity index (χ0v) is 19.0. The van der Waals surface area contributed by atoms with E-state index in [4.69, 9.17) is 9.47 Å². The number of aryl methyl sites for hydroxylation is 1. The number of halogens is 3. The van der Waals surface area contributed by atoms with Gasteiger partial charge in [-0.05, 0) is 68.6 Å². The van der Waals surface area contributed by atoms with Crippen molar-refractivity contribution >= 4 is 5.91 Å².